The molecule has 0 atom stereocenters. The molecule has 0 saturated heterocycles. The van der Waals surface area contributed by atoms with E-state index < -0.39 is 0 Å². The van der Waals surface area contributed by atoms with Crippen molar-refractivity contribution < 1.29 is 0 Å². The molecule has 1 aromatic heterocycles. The summed E-state index contributed by atoms with van der Waals surface area (Å²) < 4.78 is 0. The predicted molar refractivity (Wildman–Crippen MR) is 38.8 cm³/mol. The Morgan fingerprint density at radius 2 is 2.00 bits per heavy atom. The van der Waals surface area contributed by atoms with Crippen LogP contribution in [-0.4, -0.2) is 16.2 Å². The summed E-state index contributed by atoms with van der Waals surface area (Å²) >= 11 is 7.03. The fourth-order valence-electron chi connectivity index (χ4n) is 0.406. The van der Waals surface area contributed by atoms with Gasteiger partial charge in [-0.25, -0.2) is 9.97 Å². The van der Waals surface area contributed by atoms with E-state index in [1.165, 1.54) is 0 Å². The third kappa shape index (κ3) is 1.84. The first-order valence-electron chi connectivity index (χ1n) is 2.34. The van der Waals surface area contributed by atoms with E-state index in [1.807, 2.05) is 6.26 Å². The lowest BCUT2D eigenvalue weighted by Gasteiger charge is -1.90. The molecule has 0 radical (unpaired) electrons. The average Bonchev–Trinajstić information content (AvgIpc) is 1.90. The van der Waals surface area contributed by atoms with Crippen LogP contribution in [0.1, 0.15) is 0 Å². The second kappa shape index (κ2) is 3.03. The maximum absolute atomic E-state index is 5.44. The van der Waals surface area contributed by atoms with Crippen molar-refractivity contribution in [3.63, 3.8) is 0 Å². The molecule has 0 fully saturated rings. The minimum absolute atomic E-state index is 0.299. The van der Waals surface area contributed by atoms with E-state index in [2.05, 4.69) is 9.97 Å². The summed E-state index contributed by atoms with van der Waals surface area (Å²) in [7, 11) is 0. The van der Waals surface area contributed by atoms with Crippen LogP contribution in [-0.2, 0) is 0 Å². The number of halogens is 1. The molecule has 0 aromatic carbocycles. The summed E-state index contributed by atoms with van der Waals surface area (Å²) in [6, 6.07) is 0. The van der Waals surface area contributed by atoms with Gasteiger partial charge in [0, 0.05) is 17.3 Å². The van der Waals surface area contributed by atoms with Gasteiger partial charge < -0.3 is 0 Å². The Hall–Kier alpha value is -0.280. The highest BCUT2D eigenvalue weighted by atomic mass is 35.5. The van der Waals surface area contributed by atoms with Crippen LogP contribution in [0.2, 0.25) is 5.28 Å². The van der Waals surface area contributed by atoms with Crippen molar-refractivity contribution in [2.75, 3.05) is 6.26 Å². The van der Waals surface area contributed by atoms with Crippen molar-refractivity contribution in [2.24, 2.45) is 0 Å². The quantitative estimate of drug-likeness (QED) is 0.463. The van der Waals surface area contributed by atoms with Gasteiger partial charge in [-0.1, -0.05) is 0 Å². The molecule has 0 N–H and O–H groups in total. The Kier molecular flexibility index (Phi) is 2.30. The van der Waals surface area contributed by atoms with Gasteiger partial charge >= 0.3 is 0 Å². The Morgan fingerprint density at radius 1 is 1.44 bits per heavy atom. The van der Waals surface area contributed by atoms with E-state index in [0.717, 1.165) is 4.90 Å². The normalized spacial score (nSPS) is 9.56. The van der Waals surface area contributed by atoms with E-state index in [-0.39, 0.29) is 0 Å². The largest absolute Gasteiger partial charge is 0.225 e. The monoisotopic (exact) mass is 160 g/mol. The first kappa shape index (κ1) is 6.83. The summed E-state index contributed by atoms with van der Waals surface area (Å²) in [6.45, 7) is 0. The third-order valence-electron chi connectivity index (χ3n) is 0.832. The van der Waals surface area contributed by atoms with Gasteiger partial charge in [-0.15, -0.1) is 11.8 Å². The zero-order valence-corrected chi connectivity index (χ0v) is 6.41. The van der Waals surface area contributed by atoms with Crippen LogP contribution >= 0.6 is 23.4 Å². The number of thioether (sulfide) groups is 1. The van der Waals surface area contributed by atoms with Gasteiger partial charge in [0.25, 0.3) is 0 Å². The molecule has 0 aliphatic carbocycles. The first-order valence-corrected chi connectivity index (χ1v) is 3.95. The van der Waals surface area contributed by atoms with Crippen LogP contribution in [0.25, 0.3) is 0 Å². The van der Waals surface area contributed by atoms with Gasteiger partial charge in [0.15, 0.2) is 0 Å². The number of nitrogens with zero attached hydrogens (tertiary/aromatic N) is 2. The molecule has 2 nitrogen and oxygen atoms in total. The molecule has 0 unspecified atom stereocenters. The van der Waals surface area contributed by atoms with Crippen molar-refractivity contribution in [3.8, 4) is 0 Å². The summed E-state index contributed by atoms with van der Waals surface area (Å²) in [5.74, 6) is 0. The molecular formula is C5H5ClN2S. The van der Waals surface area contributed by atoms with Crippen LogP contribution in [0.15, 0.2) is 17.3 Å². The molecule has 1 rings (SSSR count). The van der Waals surface area contributed by atoms with Gasteiger partial charge in [-0.05, 0) is 17.9 Å². The minimum Gasteiger partial charge on any atom is -0.225 e. The Balaban J connectivity index is 2.88. The minimum atomic E-state index is 0.299. The SMILES string of the molecule is CSc1cnc(Cl)nc1. The predicted octanol–water partition coefficient (Wildman–Crippen LogP) is 1.85. The molecule has 4 heteroatoms. The molecule has 1 heterocycles. The molecular weight excluding hydrogens is 156 g/mol. The number of rotatable bonds is 1. The molecule has 9 heavy (non-hydrogen) atoms. The highest BCUT2D eigenvalue weighted by molar-refractivity contribution is 7.98. The van der Waals surface area contributed by atoms with Crippen LogP contribution in [0.4, 0.5) is 0 Å². The van der Waals surface area contributed by atoms with E-state index >= 15 is 0 Å². The smallest absolute Gasteiger partial charge is 0.222 e. The van der Waals surface area contributed by atoms with E-state index in [0.29, 0.717) is 5.28 Å². The highest BCUT2D eigenvalue weighted by Crippen LogP contribution is 2.11. The molecule has 1 aromatic rings. The van der Waals surface area contributed by atoms with Crippen molar-refractivity contribution in [1.82, 2.24) is 9.97 Å². The number of hydrogen-bond acceptors (Lipinski definition) is 3. The van der Waals surface area contributed by atoms with Gasteiger partial charge in [0.2, 0.25) is 5.28 Å². The van der Waals surface area contributed by atoms with Crippen molar-refractivity contribution in [2.45, 2.75) is 4.90 Å². The molecule has 0 aliphatic heterocycles. The summed E-state index contributed by atoms with van der Waals surface area (Å²) in [5, 5.41) is 0.299. The Bertz CT molecular complexity index is 187. The van der Waals surface area contributed by atoms with Crippen LogP contribution in [0.3, 0.4) is 0 Å². The molecule has 0 bridgehead atoms. The molecule has 0 saturated carbocycles. The molecule has 0 spiro atoms. The van der Waals surface area contributed by atoms with Crippen LogP contribution < -0.4 is 0 Å². The molecule has 0 amide bonds. The average molecular weight is 161 g/mol. The maximum Gasteiger partial charge on any atom is 0.222 e. The summed E-state index contributed by atoms with van der Waals surface area (Å²) in [5.41, 5.74) is 0. The summed E-state index contributed by atoms with van der Waals surface area (Å²) in [6.07, 6.45) is 5.35. The van der Waals surface area contributed by atoms with Crippen LogP contribution in [0.5, 0.6) is 0 Å². The Morgan fingerprint density at radius 3 is 2.44 bits per heavy atom. The fraction of sp³-hybridized carbons (Fsp3) is 0.200. The maximum atomic E-state index is 5.44. The van der Waals surface area contributed by atoms with E-state index in [4.69, 9.17) is 11.6 Å². The fourth-order valence-corrected chi connectivity index (χ4v) is 0.820. The Labute approximate surface area is 62.7 Å². The van der Waals surface area contributed by atoms with Crippen LogP contribution in [0, 0.1) is 0 Å². The van der Waals surface area contributed by atoms with E-state index in [1.54, 1.807) is 24.2 Å². The second-order valence-corrected chi connectivity index (χ2v) is 2.61. The van der Waals surface area contributed by atoms with Crippen molar-refractivity contribution in [3.05, 3.63) is 17.7 Å². The molecule has 0 aliphatic rings. The second-order valence-electron chi connectivity index (χ2n) is 1.39. The van der Waals surface area contributed by atoms with Crippen molar-refractivity contribution in [1.29, 1.82) is 0 Å². The van der Waals surface area contributed by atoms with Gasteiger partial charge in [0.05, 0.1) is 0 Å². The lowest BCUT2D eigenvalue weighted by molar-refractivity contribution is 1.10. The summed E-state index contributed by atoms with van der Waals surface area (Å²) in [4.78, 5) is 8.59. The highest BCUT2D eigenvalue weighted by Gasteiger charge is 1.89. The van der Waals surface area contributed by atoms with E-state index in [9.17, 15) is 0 Å². The number of hydrogen-bond donors (Lipinski definition) is 0. The number of aromatic nitrogens is 2. The van der Waals surface area contributed by atoms with Crippen molar-refractivity contribution >= 4 is 23.4 Å². The van der Waals surface area contributed by atoms with Gasteiger partial charge in [-0.2, -0.15) is 0 Å². The topological polar surface area (TPSA) is 25.8 Å². The standard InChI is InChI=1S/C5H5ClN2S/c1-9-4-2-7-5(6)8-3-4/h2-3H,1H3. The first-order chi connectivity index (χ1) is 4.33. The van der Waals surface area contributed by atoms with Gasteiger partial charge in [0.1, 0.15) is 0 Å². The third-order valence-corrected chi connectivity index (χ3v) is 1.71. The zero-order chi connectivity index (χ0) is 6.69. The van der Waals surface area contributed by atoms with Gasteiger partial charge in [-0.3, -0.25) is 0 Å². The zero-order valence-electron chi connectivity index (χ0n) is 4.84. The molecule has 48 valence electrons. The lowest BCUT2D eigenvalue weighted by atomic mass is 10.7. The lowest BCUT2D eigenvalue weighted by Crippen LogP contribution is -1.79.